The molecule has 1 unspecified atom stereocenters. The van der Waals surface area contributed by atoms with Crippen molar-refractivity contribution in [2.24, 2.45) is 17.1 Å². The van der Waals surface area contributed by atoms with Crippen LogP contribution in [0.15, 0.2) is 18.2 Å². The maximum absolute atomic E-state index is 14.0. The highest BCUT2D eigenvalue weighted by molar-refractivity contribution is 5.78. The van der Waals surface area contributed by atoms with Crippen molar-refractivity contribution >= 4 is 5.91 Å². The molecule has 1 atom stereocenters. The minimum Gasteiger partial charge on any atom is -0.338 e. The second kappa shape index (κ2) is 5.52. The molecule has 110 valence electrons. The van der Waals surface area contributed by atoms with Crippen molar-refractivity contribution in [3.8, 4) is 0 Å². The quantitative estimate of drug-likeness (QED) is 0.924. The molecule has 0 bridgehead atoms. The molecule has 1 heterocycles. The third-order valence-corrected chi connectivity index (χ3v) is 4.15. The fourth-order valence-corrected chi connectivity index (χ4v) is 2.56. The topological polar surface area (TPSA) is 46.3 Å². The van der Waals surface area contributed by atoms with Gasteiger partial charge in [-0.05, 0) is 23.0 Å². The Bertz CT molecular complexity index is 508. The van der Waals surface area contributed by atoms with E-state index in [0.29, 0.717) is 37.5 Å². The number of hydrogen-bond donors (Lipinski definition) is 1. The van der Waals surface area contributed by atoms with Gasteiger partial charge in [0.05, 0.1) is 0 Å². The molecule has 0 aromatic heterocycles. The molecule has 1 aliphatic rings. The highest BCUT2D eigenvalue weighted by Gasteiger charge is 2.36. The van der Waals surface area contributed by atoms with Crippen LogP contribution >= 0.6 is 0 Å². The van der Waals surface area contributed by atoms with Gasteiger partial charge in [-0.3, -0.25) is 4.79 Å². The Morgan fingerprint density at radius 1 is 1.40 bits per heavy atom. The van der Waals surface area contributed by atoms with Gasteiger partial charge in [0.25, 0.3) is 0 Å². The van der Waals surface area contributed by atoms with E-state index >= 15 is 0 Å². The SMILES string of the molecule is CC(C)(C)C1CC(=O)N(Cc2ccc(CN)cc2F)C1. The normalized spacial score (nSPS) is 19.8. The van der Waals surface area contributed by atoms with Gasteiger partial charge in [0.15, 0.2) is 0 Å². The second-order valence-corrected chi connectivity index (χ2v) is 6.67. The zero-order valence-corrected chi connectivity index (χ0v) is 12.4. The Hall–Kier alpha value is -1.42. The third-order valence-electron chi connectivity index (χ3n) is 4.15. The molecule has 0 radical (unpaired) electrons. The maximum atomic E-state index is 14.0. The van der Waals surface area contributed by atoms with Crippen LogP contribution < -0.4 is 5.73 Å². The number of hydrogen-bond acceptors (Lipinski definition) is 2. The summed E-state index contributed by atoms with van der Waals surface area (Å²) in [7, 11) is 0. The van der Waals surface area contributed by atoms with Gasteiger partial charge in [-0.2, -0.15) is 0 Å². The standard InChI is InChI=1S/C16H23FN2O/c1-16(2,3)13-7-15(20)19(10-13)9-12-5-4-11(8-18)6-14(12)17/h4-6,13H,7-10,18H2,1-3H3. The fourth-order valence-electron chi connectivity index (χ4n) is 2.56. The smallest absolute Gasteiger partial charge is 0.223 e. The predicted octanol–water partition coefficient (Wildman–Crippen LogP) is 2.68. The van der Waals surface area contributed by atoms with Crippen molar-refractivity contribution in [2.75, 3.05) is 6.54 Å². The molecule has 2 N–H and O–H groups in total. The van der Waals surface area contributed by atoms with Crippen molar-refractivity contribution in [3.05, 3.63) is 35.1 Å². The van der Waals surface area contributed by atoms with Gasteiger partial charge in [-0.25, -0.2) is 4.39 Å². The van der Waals surface area contributed by atoms with Crippen LogP contribution in [0.1, 0.15) is 38.3 Å². The summed E-state index contributed by atoms with van der Waals surface area (Å²) in [4.78, 5) is 13.8. The molecule has 1 saturated heterocycles. The second-order valence-electron chi connectivity index (χ2n) is 6.67. The lowest BCUT2D eigenvalue weighted by atomic mass is 9.80. The van der Waals surface area contributed by atoms with Gasteiger partial charge < -0.3 is 10.6 Å². The van der Waals surface area contributed by atoms with Gasteiger partial charge in [0.2, 0.25) is 5.91 Å². The molecule has 0 spiro atoms. The molecule has 0 saturated carbocycles. The molecule has 1 fully saturated rings. The summed E-state index contributed by atoms with van der Waals surface area (Å²) in [5.74, 6) is 0.175. The molecule has 1 aliphatic heterocycles. The van der Waals surface area contributed by atoms with E-state index in [0.717, 1.165) is 5.56 Å². The van der Waals surface area contributed by atoms with Crippen molar-refractivity contribution in [2.45, 2.75) is 40.3 Å². The lowest BCUT2D eigenvalue weighted by Gasteiger charge is -2.26. The molecule has 1 aromatic rings. The van der Waals surface area contributed by atoms with Gasteiger partial charge >= 0.3 is 0 Å². The van der Waals surface area contributed by atoms with E-state index in [-0.39, 0.29) is 17.1 Å². The Morgan fingerprint density at radius 3 is 2.60 bits per heavy atom. The van der Waals surface area contributed by atoms with Crippen LogP contribution in [0.3, 0.4) is 0 Å². The summed E-state index contributed by atoms with van der Waals surface area (Å²) >= 11 is 0. The van der Waals surface area contributed by atoms with E-state index in [9.17, 15) is 9.18 Å². The molecule has 2 rings (SSSR count). The molecule has 0 aliphatic carbocycles. The lowest BCUT2D eigenvalue weighted by Crippen LogP contribution is -2.27. The lowest BCUT2D eigenvalue weighted by molar-refractivity contribution is -0.128. The average molecular weight is 278 g/mol. The number of nitrogens with zero attached hydrogens (tertiary/aromatic N) is 1. The number of rotatable bonds is 3. The zero-order valence-electron chi connectivity index (χ0n) is 12.4. The molecular weight excluding hydrogens is 255 g/mol. The number of halogens is 1. The third kappa shape index (κ3) is 3.18. The molecule has 3 nitrogen and oxygen atoms in total. The van der Waals surface area contributed by atoms with Crippen molar-refractivity contribution < 1.29 is 9.18 Å². The van der Waals surface area contributed by atoms with Gasteiger partial charge in [0, 0.05) is 31.6 Å². The summed E-state index contributed by atoms with van der Waals surface area (Å²) < 4.78 is 14.0. The van der Waals surface area contributed by atoms with E-state index in [1.807, 2.05) is 6.07 Å². The first-order valence-electron chi connectivity index (χ1n) is 7.06. The van der Waals surface area contributed by atoms with E-state index in [1.165, 1.54) is 6.07 Å². The largest absolute Gasteiger partial charge is 0.338 e. The highest BCUT2D eigenvalue weighted by atomic mass is 19.1. The van der Waals surface area contributed by atoms with Crippen LogP contribution in [-0.4, -0.2) is 17.4 Å². The first-order chi connectivity index (χ1) is 9.31. The van der Waals surface area contributed by atoms with Crippen LogP contribution in [0.2, 0.25) is 0 Å². The fraction of sp³-hybridized carbons (Fsp3) is 0.562. The van der Waals surface area contributed by atoms with Crippen LogP contribution in [0, 0.1) is 17.2 Å². The first-order valence-corrected chi connectivity index (χ1v) is 7.06. The van der Waals surface area contributed by atoms with E-state index in [1.54, 1.807) is 11.0 Å². The van der Waals surface area contributed by atoms with Gasteiger partial charge in [-0.1, -0.05) is 32.9 Å². The van der Waals surface area contributed by atoms with Crippen molar-refractivity contribution in [3.63, 3.8) is 0 Å². The van der Waals surface area contributed by atoms with Crippen LogP contribution in [0.25, 0.3) is 0 Å². The minimum atomic E-state index is -0.278. The molecular formula is C16H23FN2O. The van der Waals surface area contributed by atoms with E-state index in [4.69, 9.17) is 5.73 Å². The van der Waals surface area contributed by atoms with Gasteiger partial charge in [-0.15, -0.1) is 0 Å². The Morgan fingerprint density at radius 2 is 2.10 bits per heavy atom. The van der Waals surface area contributed by atoms with Crippen molar-refractivity contribution in [1.82, 2.24) is 4.90 Å². The Balaban J connectivity index is 2.09. The summed E-state index contributed by atoms with van der Waals surface area (Å²) in [5, 5.41) is 0. The number of amides is 1. The van der Waals surface area contributed by atoms with Crippen LogP contribution in [0.5, 0.6) is 0 Å². The van der Waals surface area contributed by atoms with Crippen LogP contribution in [0.4, 0.5) is 4.39 Å². The van der Waals surface area contributed by atoms with E-state index in [2.05, 4.69) is 20.8 Å². The number of carbonyl (C=O) groups is 1. The summed E-state index contributed by atoms with van der Waals surface area (Å²) in [6.07, 6.45) is 0.562. The van der Waals surface area contributed by atoms with Crippen molar-refractivity contribution in [1.29, 1.82) is 0 Å². The molecule has 1 aromatic carbocycles. The average Bonchev–Trinajstić information content (AvgIpc) is 2.73. The Labute approximate surface area is 120 Å². The zero-order chi connectivity index (χ0) is 14.9. The number of likely N-dealkylation sites (tertiary alicyclic amines) is 1. The minimum absolute atomic E-state index is 0.104. The number of carbonyl (C=O) groups excluding carboxylic acids is 1. The Kier molecular flexibility index (Phi) is 4.14. The molecule has 1 amide bonds. The summed E-state index contributed by atoms with van der Waals surface area (Å²) in [6, 6.07) is 5.01. The van der Waals surface area contributed by atoms with Crippen LogP contribution in [-0.2, 0) is 17.9 Å². The number of nitrogens with two attached hydrogens (primary N) is 1. The summed E-state index contributed by atoms with van der Waals surface area (Å²) in [5.41, 5.74) is 6.92. The highest BCUT2D eigenvalue weighted by Crippen LogP contribution is 2.34. The first kappa shape index (κ1) is 15.0. The maximum Gasteiger partial charge on any atom is 0.223 e. The van der Waals surface area contributed by atoms with E-state index < -0.39 is 0 Å². The van der Waals surface area contributed by atoms with Gasteiger partial charge in [0.1, 0.15) is 5.82 Å². The summed E-state index contributed by atoms with van der Waals surface area (Å²) in [6.45, 7) is 7.82. The predicted molar refractivity (Wildman–Crippen MR) is 77.3 cm³/mol. The number of benzene rings is 1. The molecule has 20 heavy (non-hydrogen) atoms. The molecule has 4 heteroatoms. The monoisotopic (exact) mass is 278 g/mol.